The van der Waals surface area contributed by atoms with Gasteiger partial charge in [0.2, 0.25) is 0 Å². The Morgan fingerprint density at radius 1 is 1.15 bits per heavy atom. The molecule has 5 nitrogen and oxygen atoms in total. The van der Waals surface area contributed by atoms with Crippen molar-refractivity contribution in [3.05, 3.63) is 53.7 Å². The fraction of sp³-hybridized carbons (Fsp3) is 0.400. The predicted octanol–water partition coefficient (Wildman–Crippen LogP) is 2.92. The molecule has 1 saturated heterocycles. The summed E-state index contributed by atoms with van der Waals surface area (Å²) in [7, 11) is 2.13. The maximum atomic E-state index is 14.4. The zero-order valence-corrected chi connectivity index (χ0v) is 15.3. The van der Waals surface area contributed by atoms with Gasteiger partial charge < -0.3 is 9.80 Å². The van der Waals surface area contributed by atoms with E-state index in [0.717, 1.165) is 55.4 Å². The van der Waals surface area contributed by atoms with E-state index in [1.807, 2.05) is 18.3 Å². The molecule has 0 amide bonds. The number of anilines is 2. The molecule has 0 atom stereocenters. The smallest absolute Gasteiger partial charge is 0.144 e. The second-order valence-electron chi connectivity index (χ2n) is 7.11. The summed E-state index contributed by atoms with van der Waals surface area (Å²) in [5.41, 5.74) is 3.92. The van der Waals surface area contributed by atoms with E-state index in [2.05, 4.69) is 44.7 Å². The van der Waals surface area contributed by atoms with Crippen LogP contribution in [0.15, 0.2) is 36.8 Å². The van der Waals surface area contributed by atoms with Gasteiger partial charge in [-0.15, -0.1) is 0 Å². The van der Waals surface area contributed by atoms with Crippen LogP contribution in [0, 0.1) is 5.82 Å². The van der Waals surface area contributed by atoms with Gasteiger partial charge in [-0.3, -0.25) is 4.90 Å². The van der Waals surface area contributed by atoms with E-state index in [1.54, 1.807) is 12.4 Å². The average Bonchev–Trinajstić information content (AvgIpc) is 2.66. The van der Waals surface area contributed by atoms with Gasteiger partial charge in [-0.25, -0.2) is 14.4 Å². The molecule has 2 aliphatic heterocycles. The van der Waals surface area contributed by atoms with E-state index < -0.39 is 0 Å². The number of aromatic nitrogens is 2. The highest BCUT2D eigenvalue weighted by atomic mass is 19.1. The minimum atomic E-state index is -0.140. The zero-order valence-electron chi connectivity index (χ0n) is 15.3. The summed E-state index contributed by atoms with van der Waals surface area (Å²) in [5.74, 6) is 0.747. The van der Waals surface area contributed by atoms with Crippen LogP contribution in [0.4, 0.5) is 15.9 Å². The first kappa shape index (κ1) is 17.1. The van der Waals surface area contributed by atoms with Crippen LogP contribution in [0.5, 0.6) is 0 Å². The monoisotopic (exact) mass is 353 g/mol. The van der Waals surface area contributed by atoms with Crippen molar-refractivity contribution in [2.75, 3.05) is 44.7 Å². The largest absolute Gasteiger partial charge is 0.322 e. The van der Waals surface area contributed by atoms with E-state index >= 15 is 0 Å². The molecule has 136 valence electrons. The molecule has 3 heterocycles. The number of piperazine rings is 1. The van der Waals surface area contributed by atoms with Crippen molar-refractivity contribution in [1.29, 1.82) is 0 Å². The van der Waals surface area contributed by atoms with Crippen molar-refractivity contribution in [2.24, 2.45) is 0 Å². The van der Waals surface area contributed by atoms with Crippen LogP contribution in [0.2, 0.25) is 0 Å². The minimum Gasteiger partial charge on any atom is -0.322 e. The average molecular weight is 353 g/mol. The Balaban J connectivity index is 1.60. The molecule has 0 spiro atoms. The van der Waals surface area contributed by atoms with Gasteiger partial charge >= 0.3 is 0 Å². The van der Waals surface area contributed by atoms with Crippen LogP contribution in [0.1, 0.15) is 18.1 Å². The summed E-state index contributed by atoms with van der Waals surface area (Å²) in [4.78, 5) is 15.4. The summed E-state index contributed by atoms with van der Waals surface area (Å²) in [6.45, 7) is 7.46. The molecular weight excluding hydrogens is 329 g/mol. The van der Waals surface area contributed by atoms with E-state index in [1.165, 1.54) is 5.57 Å². The molecular formula is C20H24FN5. The minimum absolute atomic E-state index is 0.140. The summed E-state index contributed by atoms with van der Waals surface area (Å²) < 4.78 is 14.4. The first-order valence-electron chi connectivity index (χ1n) is 9.06. The highest BCUT2D eigenvalue weighted by Gasteiger charge is 2.21. The number of allylic oxidation sites excluding steroid dienone is 1. The number of fused-ring (bicyclic) bond motifs is 1. The molecule has 0 N–H and O–H groups in total. The molecule has 1 aromatic carbocycles. The molecule has 0 saturated carbocycles. The summed E-state index contributed by atoms with van der Waals surface area (Å²) >= 11 is 0. The number of benzene rings is 1. The number of likely N-dealkylation sites (N-methyl/N-ethyl adjacent to an activating group) is 1. The zero-order chi connectivity index (χ0) is 18.1. The molecule has 4 rings (SSSR count). The van der Waals surface area contributed by atoms with Crippen LogP contribution < -0.4 is 4.90 Å². The Bertz CT molecular complexity index is 827. The first-order chi connectivity index (χ1) is 12.6. The van der Waals surface area contributed by atoms with Crippen LogP contribution in [-0.2, 0) is 6.54 Å². The van der Waals surface area contributed by atoms with E-state index in [4.69, 9.17) is 0 Å². The summed E-state index contributed by atoms with van der Waals surface area (Å²) in [6, 6.07) is 5.38. The Morgan fingerprint density at radius 3 is 2.77 bits per heavy atom. The predicted molar refractivity (Wildman–Crippen MR) is 102 cm³/mol. The lowest BCUT2D eigenvalue weighted by Gasteiger charge is -2.33. The second-order valence-corrected chi connectivity index (χ2v) is 7.11. The van der Waals surface area contributed by atoms with Gasteiger partial charge in [-0.05, 0) is 37.7 Å². The third kappa shape index (κ3) is 3.34. The SMILES string of the molecule is CC1=CCN(c2ccc(F)c(CN3CCN(C)CC3)c2)c2ncncc21. The normalized spacial score (nSPS) is 18.6. The van der Waals surface area contributed by atoms with E-state index in [9.17, 15) is 4.39 Å². The van der Waals surface area contributed by atoms with Crippen molar-refractivity contribution >= 4 is 17.1 Å². The Hall–Kier alpha value is -2.31. The highest BCUT2D eigenvalue weighted by Crippen LogP contribution is 2.34. The number of nitrogens with zero attached hydrogens (tertiary/aromatic N) is 5. The fourth-order valence-electron chi connectivity index (χ4n) is 3.57. The molecule has 0 unspecified atom stereocenters. The first-order valence-corrected chi connectivity index (χ1v) is 9.06. The summed E-state index contributed by atoms with van der Waals surface area (Å²) in [5, 5.41) is 0. The molecule has 1 fully saturated rings. The lowest BCUT2D eigenvalue weighted by atomic mass is 10.0. The number of rotatable bonds is 3. The van der Waals surface area contributed by atoms with Crippen molar-refractivity contribution in [3.63, 3.8) is 0 Å². The van der Waals surface area contributed by atoms with Gasteiger partial charge in [0.1, 0.15) is 18.0 Å². The standard InChI is InChI=1S/C20H24FN5/c1-15-5-6-26(20-18(15)12-22-14-23-20)17-3-4-19(21)16(11-17)13-25-9-7-24(2)8-10-25/h3-5,11-12,14H,6-10,13H2,1-2H3. The molecule has 1 aromatic heterocycles. The van der Waals surface area contributed by atoms with Crippen LogP contribution in [-0.4, -0.2) is 59.5 Å². The van der Waals surface area contributed by atoms with Crippen LogP contribution >= 0.6 is 0 Å². The second kappa shape index (κ2) is 7.13. The topological polar surface area (TPSA) is 35.5 Å². The third-order valence-electron chi connectivity index (χ3n) is 5.28. The van der Waals surface area contributed by atoms with Gasteiger partial charge in [0.25, 0.3) is 0 Å². The van der Waals surface area contributed by atoms with Crippen molar-refractivity contribution < 1.29 is 4.39 Å². The number of halogens is 1. The lowest BCUT2D eigenvalue weighted by Crippen LogP contribution is -2.44. The lowest BCUT2D eigenvalue weighted by molar-refractivity contribution is 0.147. The van der Waals surface area contributed by atoms with Gasteiger partial charge in [-0.2, -0.15) is 0 Å². The molecule has 0 radical (unpaired) electrons. The van der Waals surface area contributed by atoms with Crippen molar-refractivity contribution in [1.82, 2.24) is 19.8 Å². The number of hydrogen-bond donors (Lipinski definition) is 0. The van der Waals surface area contributed by atoms with Crippen LogP contribution in [0.3, 0.4) is 0 Å². The van der Waals surface area contributed by atoms with Gasteiger partial charge in [0, 0.05) is 62.3 Å². The fourth-order valence-corrected chi connectivity index (χ4v) is 3.57. The molecule has 0 aliphatic carbocycles. The van der Waals surface area contributed by atoms with Crippen molar-refractivity contribution in [3.8, 4) is 0 Å². The molecule has 6 heteroatoms. The van der Waals surface area contributed by atoms with Gasteiger partial charge in [0.15, 0.2) is 0 Å². The maximum Gasteiger partial charge on any atom is 0.144 e. The Labute approximate surface area is 153 Å². The summed E-state index contributed by atoms with van der Waals surface area (Å²) in [6.07, 6.45) is 5.57. The third-order valence-corrected chi connectivity index (χ3v) is 5.28. The molecule has 0 bridgehead atoms. The van der Waals surface area contributed by atoms with Crippen LogP contribution in [0.25, 0.3) is 5.57 Å². The number of hydrogen-bond acceptors (Lipinski definition) is 5. The molecule has 2 aromatic rings. The maximum absolute atomic E-state index is 14.4. The Morgan fingerprint density at radius 2 is 1.96 bits per heavy atom. The van der Waals surface area contributed by atoms with E-state index in [-0.39, 0.29) is 5.82 Å². The molecule has 2 aliphatic rings. The Kier molecular flexibility index (Phi) is 4.70. The van der Waals surface area contributed by atoms with Gasteiger partial charge in [-0.1, -0.05) is 6.08 Å². The quantitative estimate of drug-likeness (QED) is 0.848. The molecule has 26 heavy (non-hydrogen) atoms. The van der Waals surface area contributed by atoms with E-state index in [0.29, 0.717) is 6.54 Å². The van der Waals surface area contributed by atoms with Gasteiger partial charge in [0.05, 0.1) is 0 Å². The van der Waals surface area contributed by atoms with Crippen molar-refractivity contribution in [2.45, 2.75) is 13.5 Å². The highest BCUT2D eigenvalue weighted by molar-refractivity contribution is 5.80.